The molecule has 0 unspecified atom stereocenters. The van der Waals surface area contributed by atoms with E-state index in [-0.39, 0.29) is 17.1 Å². The Kier molecular flexibility index (Phi) is 4.98. The monoisotopic (exact) mass is 339 g/mol. The van der Waals surface area contributed by atoms with Gasteiger partial charge < -0.3 is 5.73 Å². The van der Waals surface area contributed by atoms with Gasteiger partial charge in [-0.25, -0.2) is 30.7 Å². The van der Waals surface area contributed by atoms with Crippen LogP contribution in [0.5, 0.6) is 0 Å². The predicted molar refractivity (Wildman–Crippen MR) is 78.1 cm³/mol. The molecule has 21 heavy (non-hydrogen) atoms. The Morgan fingerprint density at radius 2 is 1.81 bits per heavy atom. The van der Waals surface area contributed by atoms with Gasteiger partial charge in [0.15, 0.2) is 0 Å². The highest BCUT2D eigenvalue weighted by atomic mass is 32.2. The van der Waals surface area contributed by atoms with E-state index >= 15 is 0 Å². The van der Waals surface area contributed by atoms with E-state index in [0.29, 0.717) is 0 Å². The molecule has 0 radical (unpaired) electrons. The van der Waals surface area contributed by atoms with Crippen LogP contribution in [0.2, 0.25) is 0 Å². The van der Waals surface area contributed by atoms with Crippen molar-refractivity contribution in [3.8, 4) is 0 Å². The molecule has 0 amide bonds. The third kappa shape index (κ3) is 5.58. The quantitative estimate of drug-likeness (QED) is 0.631. The summed E-state index contributed by atoms with van der Waals surface area (Å²) in [5.41, 5.74) is 4.02. The van der Waals surface area contributed by atoms with Crippen molar-refractivity contribution in [3.63, 3.8) is 0 Å². The Bertz CT molecular complexity index is 730. The minimum absolute atomic E-state index is 0.181. The first-order chi connectivity index (χ1) is 9.32. The zero-order valence-corrected chi connectivity index (χ0v) is 13.5. The Morgan fingerprint density at radius 3 is 2.29 bits per heavy atom. The smallest absolute Gasteiger partial charge is 0.240 e. The van der Waals surface area contributed by atoms with Crippen molar-refractivity contribution < 1.29 is 21.2 Å². The van der Waals surface area contributed by atoms with Crippen molar-refractivity contribution in [2.45, 2.75) is 24.3 Å². The van der Waals surface area contributed by atoms with Crippen molar-refractivity contribution in [3.05, 3.63) is 24.0 Å². The molecule has 4 N–H and O–H groups in total. The summed E-state index contributed by atoms with van der Waals surface area (Å²) in [6.45, 7) is 2.87. The summed E-state index contributed by atoms with van der Waals surface area (Å²) >= 11 is 0. The van der Waals surface area contributed by atoms with E-state index in [9.17, 15) is 21.2 Å². The number of rotatable bonds is 6. The van der Waals surface area contributed by atoms with Crippen LogP contribution in [0.25, 0.3) is 0 Å². The number of nitrogen functional groups attached to an aromatic ring is 1. The lowest BCUT2D eigenvalue weighted by atomic mass is 10.1. The first kappa shape index (κ1) is 17.8. The van der Waals surface area contributed by atoms with Gasteiger partial charge in [0, 0.05) is 12.1 Å². The molecule has 0 atom stereocenters. The number of hydrogen-bond donors (Lipinski definition) is 3. The molecule has 0 spiro atoms. The second-order valence-corrected chi connectivity index (χ2v) is 8.78. The fraction of sp³-hybridized carbons (Fsp3) is 0.455. The zero-order valence-electron chi connectivity index (χ0n) is 11.8. The minimum Gasteiger partial charge on any atom is -0.396 e. The second-order valence-electron chi connectivity index (χ2n) is 5.27. The predicted octanol–water partition coefficient (Wildman–Crippen LogP) is 0.0140. The fourth-order valence-electron chi connectivity index (χ4n) is 1.59. The Labute approximate surface area is 123 Å². The molecule has 7 nitrogen and oxygen atoms in total. The third-order valence-corrected chi connectivity index (χ3v) is 4.77. The highest BCUT2D eigenvalue weighted by Gasteiger charge is 2.25. The maximum Gasteiger partial charge on any atom is 0.240 e. The van der Waals surface area contributed by atoms with Crippen LogP contribution < -0.4 is 15.2 Å². The molecule has 1 aromatic carbocycles. The van der Waals surface area contributed by atoms with E-state index in [1.165, 1.54) is 13.8 Å². The molecule has 0 aliphatic heterocycles. The number of anilines is 1. The molecule has 0 saturated carbocycles. The van der Waals surface area contributed by atoms with Gasteiger partial charge in [0.1, 0.15) is 5.82 Å². The lowest BCUT2D eigenvalue weighted by Gasteiger charge is -2.25. The van der Waals surface area contributed by atoms with Crippen molar-refractivity contribution in [2.24, 2.45) is 0 Å². The van der Waals surface area contributed by atoms with Gasteiger partial charge in [0.25, 0.3) is 0 Å². The SMILES string of the molecule is CC(C)(CNS(=O)(=O)c1ccc(F)c(N)c1)NS(C)(=O)=O. The maximum absolute atomic E-state index is 13.0. The molecular formula is C11H18FN3O4S2. The van der Waals surface area contributed by atoms with Crippen molar-refractivity contribution >= 4 is 25.7 Å². The van der Waals surface area contributed by atoms with E-state index in [1.54, 1.807) is 0 Å². The van der Waals surface area contributed by atoms with Crippen LogP contribution in [-0.2, 0) is 20.0 Å². The summed E-state index contributed by atoms with van der Waals surface area (Å²) in [5, 5.41) is 0. The molecule has 0 aliphatic rings. The van der Waals surface area contributed by atoms with Gasteiger partial charge in [-0.1, -0.05) is 0 Å². The fourth-order valence-corrected chi connectivity index (χ4v) is 3.91. The Morgan fingerprint density at radius 1 is 1.24 bits per heavy atom. The summed E-state index contributed by atoms with van der Waals surface area (Å²) in [4.78, 5) is -0.198. The molecule has 1 aromatic rings. The lowest BCUT2D eigenvalue weighted by molar-refractivity contribution is 0.446. The molecular weight excluding hydrogens is 321 g/mol. The van der Waals surface area contributed by atoms with Crippen LogP contribution in [0.4, 0.5) is 10.1 Å². The minimum atomic E-state index is -3.92. The number of benzene rings is 1. The van der Waals surface area contributed by atoms with Gasteiger partial charge in [-0.2, -0.15) is 0 Å². The topological polar surface area (TPSA) is 118 Å². The largest absolute Gasteiger partial charge is 0.396 e. The summed E-state index contributed by atoms with van der Waals surface area (Å²) < 4.78 is 64.0. The number of hydrogen-bond acceptors (Lipinski definition) is 5. The summed E-state index contributed by atoms with van der Waals surface area (Å²) in [7, 11) is -7.40. The van der Waals surface area contributed by atoms with E-state index in [0.717, 1.165) is 24.5 Å². The molecule has 1 rings (SSSR count). The third-order valence-electron chi connectivity index (χ3n) is 2.44. The maximum atomic E-state index is 13.0. The van der Waals surface area contributed by atoms with Gasteiger partial charge in [0.2, 0.25) is 20.0 Å². The van der Waals surface area contributed by atoms with Crippen molar-refractivity contribution in [1.82, 2.24) is 9.44 Å². The molecule has 120 valence electrons. The highest BCUT2D eigenvalue weighted by Crippen LogP contribution is 2.17. The van der Waals surface area contributed by atoms with E-state index in [2.05, 4.69) is 9.44 Å². The zero-order chi connectivity index (χ0) is 16.5. The van der Waals surface area contributed by atoms with E-state index < -0.39 is 31.4 Å². The van der Waals surface area contributed by atoms with Crippen molar-refractivity contribution in [2.75, 3.05) is 18.5 Å². The first-order valence-corrected chi connectivity index (χ1v) is 9.23. The standard InChI is InChI=1S/C11H18FN3O4S2/c1-11(2,15-20(3,16)17)7-14-21(18,19)8-4-5-9(12)10(13)6-8/h4-6,14-15H,7,13H2,1-3H3. The van der Waals surface area contributed by atoms with Crippen LogP contribution >= 0.6 is 0 Å². The average Bonchev–Trinajstić information content (AvgIpc) is 2.27. The number of halogens is 1. The Balaban J connectivity index is 2.89. The second kappa shape index (κ2) is 5.87. The number of nitrogens with two attached hydrogens (primary N) is 1. The van der Waals surface area contributed by atoms with Crippen LogP contribution in [0.3, 0.4) is 0 Å². The molecule has 0 heterocycles. The lowest BCUT2D eigenvalue weighted by Crippen LogP contribution is -2.50. The van der Waals surface area contributed by atoms with Gasteiger partial charge in [-0.05, 0) is 32.0 Å². The molecule has 10 heteroatoms. The normalized spacial score (nSPS) is 13.3. The van der Waals surface area contributed by atoms with E-state index in [1.807, 2.05) is 0 Å². The van der Waals surface area contributed by atoms with Gasteiger partial charge in [-0.15, -0.1) is 0 Å². The molecule has 0 fully saturated rings. The average molecular weight is 339 g/mol. The molecule has 0 aliphatic carbocycles. The first-order valence-electron chi connectivity index (χ1n) is 5.86. The Hall–Kier alpha value is -1.23. The summed E-state index contributed by atoms with van der Waals surface area (Å²) in [6.07, 6.45) is 0.976. The highest BCUT2D eigenvalue weighted by molar-refractivity contribution is 7.89. The van der Waals surface area contributed by atoms with Crippen LogP contribution in [0.1, 0.15) is 13.8 Å². The summed E-state index contributed by atoms with van der Waals surface area (Å²) in [6, 6.07) is 3.02. The van der Waals surface area contributed by atoms with Crippen molar-refractivity contribution in [1.29, 1.82) is 0 Å². The van der Waals surface area contributed by atoms with Gasteiger partial charge >= 0.3 is 0 Å². The molecule has 0 saturated heterocycles. The van der Waals surface area contributed by atoms with Gasteiger partial charge in [0.05, 0.1) is 16.8 Å². The van der Waals surface area contributed by atoms with E-state index in [4.69, 9.17) is 5.73 Å². The number of nitrogens with one attached hydrogen (secondary N) is 2. The van der Waals surface area contributed by atoms with Gasteiger partial charge in [-0.3, -0.25) is 0 Å². The molecule has 0 bridgehead atoms. The van der Waals surface area contributed by atoms with Crippen LogP contribution in [0.15, 0.2) is 23.1 Å². The number of sulfonamides is 2. The van der Waals surface area contributed by atoms with Crippen LogP contribution in [0, 0.1) is 5.82 Å². The van der Waals surface area contributed by atoms with Crippen LogP contribution in [-0.4, -0.2) is 35.2 Å². The summed E-state index contributed by atoms with van der Waals surface area (Å²) in [5.74, 6) is -0.715. The molecule has 0 aromatic heterocycles.